The lowest BCUT2D eigenvalue weighted by Crippen LogP contribution is -2.09. The van der Waals surface area contributed by atoms with E-state index in [1.165, 1.54) is 6.07 Å². The van der Waals surface area contributed by atoms with E-state index >= 15 is 0 Å². The summed E-state index contributed by atoms with van der Waals surface area (Å²) >= 11 is 0. The highest BCUT2D eigenvalue weighted by atomic mass is 16.5. The van der Waals surface area contributed by atoms with Crippen molar-refractivity contribution in [1.82, 2.24) is 0 Å². The average molecular weight is 358 g/mol. The van der Waals surface area contributed by atoms with Gasteiger partial charge < -0.3 is 14.9 Å². The Hall–Kier alpha value is -3.53. The molecule has 0 amide bonds. The molecule has 0 aromatic heterocycles. The first-order valence-electron chi connectivity index (χ1n) is 8.76. The fraction of sp³-hybridized carbons (Fsp3) is 0.0870. The van der Waals surface area contributed by atoms with Crippen LogP contribution in [-0.2, 0) is 6.42 Å². The third-order valence-electron chi connectivity index (χ3n) is 4.75. The molecule has 4 aromatic carbocycles. The number of carbonyl (C=O) groups excluding carboxylic acids is 1. The maximum absolute atomic E-state index is 12.7. The van der Waals surface area contributed by atoms with Gasteiger partial charge in [0, 0.05) is 16.2 Å². The van der Waals surface area contributed by atoms with Gasteiger partial charge in [-0.25, -0.2) is 4.79 Å². The third-order valence-corrected chi connectivity index (χ3v) is 4.75. The van der Waals surface area contributed by atoms with Gasteiger partial charge in [0.05, 0.1) is 0 Å². The molecular weight excluding hydrogens is 340 g/mol. The molecule has 0 atom stereocenters. The van der Waals surface area contributed by atoms with Crippen LogP contribution in [0.3, 0.4) is 0 Å². The number of phenols is 2. The molecule has 0 spiro atoms. The third kappa shape index (κ3) is 2.85. The topological polar surface area (TPSA) is 66.8 Å². The van der Waals surface area contributed by atoms with Crippen molar-refractivity contribution >= 4 is 27.5 Å². The SMILES string of the molecule is CCc1cccc2c(O)c(C(=O)Oc3cccc4ccccc34)cc(O)c12. The van der Waals surface area contributed by atoms with E-state index in [9.17, 15) is 15.0 Å². The number of rotatable bonds is 3. The molecule has 0 aliphatic rings. The molecule has 0 saturated heterocycles. The molecule has 0 heterocycles. The lowest BCUT2D eigenvalue weighted by Gasteiger charge is -2.13. The minimum atomic E-state index is -0.719. The maximum Gasteiger partial charge on any atom is 0.347 e. The van der Waals surface area contributed by atoms with Gasteiger partial charge in [0.25, 0.3) is 0 Å². The second-order valence-electron chi connectivity index (χ2n) is 6.35. The maximum atomic E-state index is 12.7. The van der Waals surface area contributed by atoms with E-state index in [1.54, 1.807) is 24.3 Å². The summed E-state index contributed by atoms with van der Waals surface area (Å²) in [7, 11) is 0. The van der Waals surface area contributed by atoms with Crippen molar-refractivity contribution < 1.29 is 19.7 Å². The predicted octanol–water partition coefficient (Wildman–Crippen LogP) is 5.19. The smallest absolute Gasteiger partial charge is 0.347 e. The van der Waals surface area contributed by atoms with E-state index in [-0.39, 0.29) is 17.1 Å². The highest BCUT2D eigenvalue weighted by molar-refractivity contribution is 6.06. The molecule has 0 fully saturated rings. The predicted molar refractivity (Wildman–Crippen MR) is 106 cm³/mol. The van der Waals surface area contributed by atoms with Crippen LogP contribution < -0.4 is 4.74 Å². The molecule has 4 nitrogen and oxygen atoms in total. The van der Waals surface area contributed by atoms with Gasteiger partial charge in [0.1, 0.15) is 22.8 Å². The second-order valence-corrected chi connectivity index (χ2v) is 6.35. The minimum Gasteiger partial charge on any atom is -0.507 e. The molecule has 0 unspecified atom stereocenters. The molecule has 0 aliphatic carbocycles. The van der Waals surface area contributed by atoms with E-state index < -0.39 is 5.97 Å². The van der Waals surface area contributed by atoms with Gasteiger partial charge in [0.2, 0.25) is 0 Å². The van der Waals surface area contributed by atoms with Crippen LogP contribution in [0.2, 0.25) is 0 Å². The van der Waals surface area contributed by atoms with Crippen molar-refractivity contribution in [2.75, 3.05) is 0 Å². The highest BCUT2D eigenvalue weighted by Crippen LogP contribution is 2.38. The molecular formula is C23H18O4. The minimum absolute atomic E-state index is 0.0508. The Labute approximate surface area is 156 Å². The summed E-state index contributed by atoms with van der Waals surface area (Å²) < 4.78 is 5.54. The second kappa shape index (κ2) is 6.65. The van der Waals surface area contributed by atoms with Crippen LogP contribution >= 0.6 is 0 Å². The summed E-state index contributed by atoms with van der Waals surface area (Å²) in [4.78, 5) is 12.7. The Morgan fingerprint density at radius 2 is 1.63 bits per heavy atom. The fourth-order valence-electron chi connectivity index (χ4n) is 3.41. The van der Waals surface area contributed by atoms with E-state index in [2.05, 4.69) is 0 Å². The van der Waals surface area contributed by atoms with Gasteiger partial charge in [-0.3, -0.25) is 0 Å². The van der Waals surface area contributed by atoms with Crippen LogP contribution in [0.25, 0.3) is 21.5 Å². The van der Waals surface area contributed by atoms with Gasteiger partial charge in [-0.2, -0.15) is 0 Å². The summed E-state index contributed by atoms with van der Waals surface area (Å²) in [5.41, 5.74) is 0.829. The molecule has 27 heavy (non-hydrogen) atoms. The number of esters is 1. The Morgan fingerprint density at radius 3 is 2.44 bits per heavy atom. The number of ether oxygens (including phenoxy) is 1. The van der Waals surface area contributed by atoms with Crippen LogP contribution in [-0.4, -0.2) is 16.2 Å². The largest absolute Gasteiger partial charge is 0.507 e. The number of benzene rings is 4. The Morgan fingerprint density at radius 1 is 0.926 bits per heavy atom. The first-order chi connectivity index (χ1) is 13.1. The van der Waals surface area contributed by atoms with E-state index in [0.29, 0.717) is 22.9 Å². The summed E-state index contributed by atoms with van der Waals surface area (Å²) in [5, 5.41) is 23.8. The van der Waals surface area contributed by atoms with Crippen LogP contribution in [0, 0.1) is 0 Å². The first-order valence-corrected chi connectivity index (χ1v) is 8.76. The van der Waals surface area contributed by atoms with E-state index in [4.69, 9.17) is 4.74 Å². The van der Waals surface area contributed by atoms with Gasteiger partial charge in [0.15, 0.2) is 0 Å². The molecule has 134 valence electrons. The molecule has 0 radical (unpaired) electrons. The van der Waals surface area contributed by atoms with Crippen LogP contribution in [0.15, 0.2) is 66.7 Å². The Balaban J connectivity index is 1.80. The van der Waals surface area contributed by atoms with Crippen LogP contribution in [0.4, 0.5) is 0 Å². The molecule has 0 aliphatic heterocycles. The first kappa shape index (κ1) is 16.9. The molecule has 0 bridgehead atoms. The van der Waals surface area contributed by atoms with Crippen molar-refractivity contribution in [3.63, 3.8) is 0 Å². The van der Waals surface area contributed by atoms with Gasteiger partial charge >= 0.3 is 5.97 Å². The molecule has 4 rings (SSSR count). The van der Waals surface area contributed by atoms with Crippen molar-refractivity contribution in [1.29, 1.82) is 0 Å². The monoisotopic (exact) mass is 358 g/mol. The van der Waals surface area contributed by atoms with Crippen molar-refractivity contribution in [2.45, 2.75) is 13.3 Å². The number of hydrogen-bond acceptors (Lipinski definition) is 4. The standard InChI is InChI=1S/C23H18O4/c1-2-14-8-5-11-17-21(14)19(24)13-18(22(17)25)23(26)27-20-12-6-9-15-7-3-4-10-16(15)20/h3-13,24-25H,2H2,1H3. The number of aryl methyl sites for hydroxylation is 1. The quantitative estimate of drug-likeness (QED) is 0.301. The number of carbonyl (C=O) groups is 1. The van der Waals surface area contributed by atoms with Crippen molar-refractivity contribution in [3.8, 4) is 17.2 Å². The zero-order chi connectivity index (χ0) is 19.0. The molecule has 2 N–H and O–H groups in total. The lowest BCUT2D eigenvalue weighted by molar-refractivity contribution is 0.0734. The zero-order valence-electron chi connectivity index (χ0n) is 14.8. The van der Waals surface area contributed by atoms with Crippen molar-refractivity contribution in [2.24, 2.45) is 0 Å². The Bertz CT molecular complexity index is 1170. The zero-order valence-corrected chi connectivity index (χ0v) is 14.8. The summed E-state index contributed by atoms with van der Waals surface area (Å²) in [6.07, 6.45) is 0.699. The fourth-order valence-corrected chi connectivity index (χ4v) is 3.41. The van der Waals surface area contributed by atoms with Crippen LogP contribution in [0.1, 0.15) is 22.8 Å². The van der Waals surface area contributed by atoms with Crippen molar-refractivity contribution in [3.05, 3.63) is 77.9 Å². The summed E-state index contributed by atoms with van der Waals surface area (Å²) in [6, 6.07) is 19.6. The number of hydrogen-bond donors (Lipinski definition) is 2. The normalized spacial score (nSPS) is 11.0. The average Bonchev–Trinajstić information content (AvgIpc) is 2.70. The van der Waals surface area contributed by atoms with Crippen LogP contribution in [0.5, 0.6) is 17.2 Å². The molecule has 0 saturated carbocycles. The number of aromatic hydroxyl groups is 2. The summed E-state index contributed by atoms with van der Waals surface area (Å²) in [5.74, 6) is -0.559. The lowest BCUT2D eigenvalue weighted by atomic mass is 9.98. The van der Waals surface area contributed by atoms with Gasteiger partial charge in [-0.15, -0.1) is 0 Å². The Kier molecular flexibility index (Phi) is 4.16. The summed E-state index contributed by atoms with van der Waals surface area (Å²) in [6.45, 7) is 1.97. The van der Waals surface area contributed by atoms with E-state index in [1.807, 2.05) is 43.3 Å². The number of phenolic OH excluding ortho intramolecular Hbond substituents is 2. The van der Waals surface area contributed by atoms with Gasteiger partial charge in [-0.05, 0) is 29.5 Å². The number of fused-ring (bicyclic) bond motifs is 2. The highest BCUT2D eigenvalue weighted by Gasteiger charge is 2.20. The molecule has 4 heteroatoms. The van der Waals surface area contributed by atoms with E-state index in [0.717, 1.165) is 16.3 Å². The van der Waals surface area contributed by atoms with Gasteiger partial charge in [-0.1, -0.05) is 61.5 Å². The molecule has 4 aromatic rings.